The van der Waals surface area contributed by atoms with E-state index in [4.69, 9.17) is 39.5 Å². The molecule has 0 aliphatic rings. The van der Waals surface area contributed by atoms with Crippen LogP contribution in [-0.2, 0) is 0 Å². The van der Waals surface area contributed by atoms with E-state index < -0.39 is 5.91 Å². The van der Waals surface area contributed by atoms with Gasteiger partial charge in [-0.2, -0.15) is 9.97 Å². The Hall–Kier alpha value is -2.13. The quantitative estimate of drug-likeness (QED) is 0.448. The molecule has 3 aromatic rings. The lowest BCUT2D eigenvalue weighted by atomic mass is 10.1. The van der Waals surface area contributed by atoms with Gasteiger partial charge in [-0.15, -0.1) is 11.3 Å². The van der Waals surface area contributed by atoms with Gasteiger partial charge in [0.1, 0.15) is 9.71 Å². The number of hydrazine groups is 1. The van der Waals surface area contributed by atoms with Crippen molar-refractivity contribution in [1.82, 2.24) is 9.97 Å². The number of nitrogens with two attached hydrogens (primary N) is 2. The van der Waals surface area contributed by atoms with E-state index in [9.17, 15) is 4.79 Å². The number of benzene rings is 1. The molecular formula is C15H13Cl2N5O2S. The largest absolute Gasteiger partial charge is 0.464 e. The normalized spacial score (nSPS) is 10.9. The number of nitrogens with one attached hydrogen (secondary N) is 1. The molecule has 0 unspecified atom stereocenters. The maximum Gasteiger partial charge on any atom is 0.318 e. The minimum Gasteiger partial charge on any atom is -0.464 e. The Morgan fingerprint density at radius 2 is 2.08 bits per heavy atom. The molecule has 2 aromatic heterocycles. The number of aromatic nitrogens is 2. The summed E-state index contributed by atoms with van der Waals surface area (Å²) in [6.45, 7) is 2.21. The third-order valence-electron chi connectivity index (χ3n) is 3.37. The molecular weight excluding hydrogens is 385 g/mol. The van der Waals surface area contributed by atoms with Crippen molar-refractivity contribution in [3.8, 4) is 17.3 Å². The van der Waals surface area contributed by atoms with Crippen molar-refractivity contribution in [3.63, 3.8) is 0 Å². The van der Waals surface area contributed by atoms with Gasteiger partial charge < -0.3 is 15.9 Å². The third kappa shape index (κ3) is 3.21. The number of fused-ring (bicyclic) bond motifs is 1. The van der Waals surface area contributed by atoms with Crippen molar-refractivity contribution in [2.45, 2.75) is 6.92 Å². The number of carbonyl (C=O) groups is 1. The first-order valence-corrected chi connectivity index (χ1v) is 8.72. The average Bonchev–Trinajstić information content (AvgIpc) is 2.96. The zero-order valence-electron chi connectivity index (χ0n) is 13.0. The molecule has 1 aromatic carbocycles. The molecule has 5 N–H and O–H groups in total. The van der Waals surface area contributed by atoms with Crippen molar-refractivity contribution < 1.29 is 9.53 Å². The number of hydrogen-bond donors (Lipinski definition) is 3. The van der Waals surface area contributed by atoms with Crippen molar-refractivity contribution in [2.75, 3.05) is 12.0 Å². The molecule has 25 heavy (non-hydrogen) atoms. The smallest absolute Gasteiger partial charge is 0.318 e. The van der Waals surface area contributed by atoms with Gasteiger partial charge in [0.05, 0.1) is 33.4 Å². The second-order valence-corrected chi connectivity index (χ2v) is 6.73. The highest BCUT2D eigenvalue weighted by atomic mass is 35.5. The third-order valence-corrected chi connectivity index (χ3v) is 5.20. The van der Waals surface area contributed by atoms with Crippen LogP contribution in [-0.4, -0.2) is 22.5 Å². The molecule has 0 spiro atoms. The van der Waals surface area contributed by atoms with E-state index in [1.807, 2.05) is 6.92 Å². The maximum atomic E-state index is 11.7. The van der Waals surface area contributed by atoms with Crippen LogP contribution in [0.4, 0.5) is 5.69 Å². The Labute approximate surface area is 156 Å². The highest BCUT2D eigenvalue weighted by Gasteiger charge is 2.23. The van der Waals surface area contributed by atoms with E-state index in [0.717, 1.165) is 11.3 Å². The molecule has 0 atom stereocenters. The summed E-state index contributed by atoms with van der Waals surface area (Å²) in [6, 6.07) is 5.26. The van der Waals surface area contributed by atoms with Crippen LogP contribution in [0, 0.1) is 0 Å². The molecule has 3 rings (SSSR count). The number of amides is 1. The highest BCUT2D eigenvalue weighted by Crippen LogP contribution is 2.41. The summed E-state index contributed by atoms with van der Waals surface area (Å²) in [5.41, 5.74) is 9.49. The molecule has 0 radical (unpaired) electrons. The first-order valence-electron chi connectivity index (χ1n) is 7.15. The lowest BCUT2D eigenvalue weighted by molar-refractivity contribution is 0.100. The Balaban J connectivity index is 2.37. The van der Waals surface area contributed by atoms with Crippen molar-refractivity contribution in [1.29, 1.82) is 0 Å². The van der Waals surface area contributed by atoms with Gasteiger partial charge in [0.2, 0.25) is 0 Å². The first kappa shape index (κ1) is 17.7. The Kier molecular flexibility index (Phi) is 4.96. The van der Waals surface area contributed by atoms with Gasteiger partial charge >= 0.3 is 6.01 Å². The van der Waals surface area contributed by atoms with Crippen LogP contribution in [0.15, 0.2) is 18.2 Å². The zero-order valence-corrected chi connectivity index (χ0v) is 15.3. The zero-order chi connectivity index (χ0) is 18.1. The Morgan fingerprint density at radius 1 is 1.32 bits per heavy atom. The lowest BCUT2D eigenvalue weighted by Crippen LogP contribution is -2.15. The minimum absolute atomic E-state index is 0.178. The predicted octanol–water partition coefficient (Wildman–Crippen LogP) is 3.45. The fourth-order valence-electron chi connectivity index (χ4n) is 2.34. The molecule has 2 heterocycles. The van der Waals surface area contributed by atoms with E-state index in [2.05, 4.69) is 15.4 Å². The molecule has 0 fully saturated rings. The number of ether oxygens (including phenoxy) is 1. The summed E-state index contributed by atoms with van der Waals surface area (Å²) in [4.78, 5) is 21.3. The van der Waals surface area contributed by atoms with Gasteiger partial charge in [-0.25, -0.2) is 0 Å². The van der Waals surface area contributed by atoms with E-state index in [-0.39, 0.29) is 10.9 Å². The summed E-state index contributed by atoms with van der Waals surface area (Å²) >= 11 is 13.2. The summed E-state index contributed by atoms with van der Waals surface area (Å²) in [5, 5.41) is 1.35. The summed E-state index contributed by atoms with van der Waals surface area (Å²) in [5.74, 6) is 4.99. The van der Waals surface area contributed by atoms with Gasteiger partial charge in [0.15, 0.2) is 0 Å². The van der Waals surface area contributed by atoms with E-state index in [1.165, 1.54) is 0 Å². The Morgan fingerprint density at radius 3 is 2.68 bits per heavy atom. The number of nitrogen functional groups attached to an aromatic ring is 1. The second kappa shape index (κ2) is 7.01. The number of halogens is 2. The van der Waals surface area contributed by atoms with Crippen molar-refractivity contribution in [3.05, 3.63) is 33.1 Å². The van der Waals surface area contributed by atoms with Crippen LogP contribution in [0.1, 0.15) is 16.6 Å². The molecule has 0 aliphatic heterocycles. The number of thiophene rings is 1. The van der Waals surface area contributed by atoms with E-state index >= 15 is 0 Å². The second-order valence-electron chi connectivity index (χ2n) is 4.91. The average molecular weight is 398 g/mol. The Bertz CT molecular complexity index is 976. The van der Waals surface area contributed by atoms with Crippen LogP contribution >= 0.6 is 34.5 Å². The van der Waals surface area contributed by atoms with Crippen LogP contribution in [0.2, 0.25) is 10.0 Å². The van der Waals surface area contributed by atoms with Gasteiger partial charge in [-0.05, 0) is 19.1 Å². The fourth-order valence-corrected chi connectivity index (χ4v) is 3.62. The first-order chi connectivity index (χ1) is 12.0. The SMILES string of the molecule is CCOc1nc(-c2ccc(Cl)c(Cl)c2)c2c(NN)c(C(N)=O)sc2n1. The molecule has 0 aliphatic carbocycles. The number of hydrogen-bond acceptors (Lipinski definition) is 7. The van der Waals surface area contributed by atoms with Crippen molar-refractivity contribution in [2.24, 2.45) is 11.6 Å². The van der Waals surface area contributed by atoms with Crippen LogP contribution < -0.4 is 21.7 Å². The molecule has 0 saturated heterocycles. The van der Waals surface area contributed by atoms with E-state index in [0.29, 0.717) is 43.8 Å². The number of anilines is 1. The lowest BCUT2D eigenvalue weighted by Gasteiger charge is -2.09. The molecule has 10 heteroatoms. The molecule has 0 bridgehead atoms. The topological polar surface area (TPSA) is 116 Å². The van der Waals surface area contributed by atoms with Crippen LogP contribution in [0.5, 0.6) is 6.01 Å². The number of carbonyl (C=O) groups excluding carboxylic acids is 1. The number of nitrogens with zero attached hydrogens (tertiary/aromatic N) is 2. The van der Waals surface area contributed by atoms with Crippen LogP contribution in [0.25, 0.3) is 21.5 Å². The molecule has 1 amide bonds. The predicted molar refractivity (Wildman–Crippen MR) is 100 cm³/mol. The van der Waals surface area contributed by atoms with Gasteiger partial charge in [-0.1, -0.05) is 29.3 Å². The standard InChI is InChI=1S/C15H13Cl2N5O2S/c1-2-24-15-20-10(6-3-4-7(16)8(17)5-6)9-11(22-19)12(13(18)23)25-14(9)21-15/h3-5,22H,2,19H2,1H3,(H2,18,23). The monoisotopic (exact) mass is 397 g/mol. The van der Waals surface area contributed by atoms with Crippen molar-refractivity contribution >= 4 is 56.3 Å². The fraction of sp³-hybridized carbons (Fsp3) is 0.133. The number of primary amides is 1. The highest BCUT2D eigenvalue weighted by molar-refractivity contribution is 7.21. The van der Waals surface area contributed by atoms with Crippen LogP contribution in [0.3, 0.4) is 0 Å². The summed E-state index contributed by atoms with van der Waals surface area (Å²) in [7, 11) is 0. The summed E-state index contributed by atoms with van der Waals surface area (Å²) < 4.78 is 5.43. The molecule has 130 valence electrons. The molecule has 0 saturated carbocycles. The minimum atomic E-state index is -0.617. The van der Waals surface area contributed by atoms with E-state index in [1.54, 1.807) is 18.2 Å². The summed E-state index contributed by atoms with van der Waals surface area (Å²) in [6.07, 6.45) is 0. The molecule has 7 nitrogen and oxygen atoms in total. The van der Waals surface area contributed by atoms with Gasteiger partial charge in [-0.3, -0.25) is 10.6 Å². The van der Waals surface area contributed by atoms with Gasteiger partial charge in [0, 0.05) is 5.56 Å². The van der Waals surface area contributed by atoms with Gasteiger partial charge in [0.25, 0.3) is 5.91 Å². The maximum absolute atomic E-state index is 11.7. The number of rotatable bonds is 5.